The van der Waals surface area contributed by atoms with E-state index in [2.05, 4.69) is 46.1 Å². The predicted molar refractivity (Wildman–Crippen MR) is 141 cm³/mol. The van der Waals surface area contributed by atoms with E-state index in [0.29, 0.717) is 36.2 Å². The van der Waals surface area contributed by atoms with Gasteiger partial charge in [-0.1, -0.05) is 64.5 Å². The smallest absolute Gasteiger partial charge is 0.334 e. The summed E-state index contributed by atoms with van der Waals surface area (Å²) in [5.41, 5.74) is 4.21. The minimum Gasteiger partial charge on any atom is -0.458 e. The topological polar surface area (TPSA) is 66.8 Å². The molecule has 3 aliphatic carbocycles. The van der Waals surface area contributed by atoms with E-state index in [1.54, 1.807) is 0 Å². The van der Waals surface area contributed by atoms with Crippen molar-refractivity contribution in [3.05, 3.63) is 47.6 Å². The first-order chi connectivity index (χ1) is 16.7. The number of hydrogen-bond donors (Lipinski definition) is 2. The average molecular weight is 483 g/mol. The Morgan fingerprint density at radius 2 is 1.97 bits per heavy atom. The molecule has 0 aromatic rings. The molecule has 0 bridgehead atoms. The monoisotopic (exact) mass is 482 g/mol. The molecule has 0 spiro atoms. The SMILES string of the molecule is C=C1C(=O)O[C@@H](C[C@@H](C)[C@H]2CC[C@H]3/C(=C/C=C4/C[C@@H](O)C[C@H](O)C4=C)CCC[C@]23C)[C@@H]1CCCC. The zero-order valence-electron chi connectivity index (χ0n) is 22.1. The molecule has 0 radical (unpaired) electrons. The zero-order chi connectivity index (χ0) is 25.3. The van der Waals surface area contributed by atoms with Gasteiger partial charge in [0.2, 0.25) is 0 Å². The van der Waals surface area contributed by atoms with Gasteiger partial charge >= 0.3 is 5.97 Å². The number of unbranched alkanes of at least 4 members (excludes halogenated alkanes) is 1. The number of aliphatic hydroxyl groups is 2. The van der Waals surface area contributed by atoms with Gasteiger partial charge in [-0.15, -0.1) is 0 Å². The Kier molecular flexibility index (Phi) is 8.12. The Bertz CT molecular complexity index is 898. The molecule has 35 heavy (non-hydrogen) atoms. The molecule has 0 aromatic carbocycles. The van der Waals surface area contributed by atoms with Crippen LogP contribution in [0.15, 0.2) is 47.6 Å². The summed E-state index contributed by atoms with van der Waals surface area (Å²) >= 11 is 0. The first kappa shape index (κ1) is 26.4. The predicted octanol–water partition coefficient (Wildman–Crippen LogP) is 6.44. The number of rotatable bonds is 7. The number of ether oxygens (including phenoxy) is 1. The lowest BCUT2D eigenvalue weighted by atomic mass is 9.60. The first-order valence-corrected chi connectivity index (χ1v) is 14.0. The van der Waals surface area contributed by atoms with Gasteiger partial charge in [0.25, 0.3) is 0 Å². The third-order valence-electron chi connectivity index (χ3n) is 9.88. The van der Waals surface area contributed by atoms with Crippen molar-refractivity contribution in [1.29, 1.82) is 0 Å². The zero-order valence-corrected chi connectivity index (χ0v) is 22.1. The molecule has 4 heteroatoms. The molecule has 4 nitrogen and oxygen atoms in total. The maximum Gasteiger partial charge on any atom is 0.334 e. The summed E-state index contributed by atoms with van der Waals surface area (Å²) in [6.07, 6.45) is 14.4. The second kappa shape index (κ2) is 10.8. The molecule has 1 aliphatic heterocycles. The van der Waals surface area contributed by atoms with Crippen molar-refractivity contribution in [2.24, 2.45) is 29.1 Å². The molecular formula is C31H46O4. The Morgan fingerprint density at radius 1 is 1.20 bits per heavy atom. The molecule has 0 unspecified atom stereocenters. The highest BCUT2D eigenvalue weighted by molar-refractivity contribution is 5.90. The van der Waals surface area contributed by atoms with Crippen molar-refractivity contribution >= 4 is 5.97 Å². The standard InChI is InChI=1S/C31H46O4/c1-6-7-10-25-21(4)30(34)35-29(25)16-19(2)26-13-14-27-22(9-8-15-31(26,27)5)11-12-23-17-24(32)18-28(33)20(23)3/h11-12,19,24-29,32-33H,3-4,6-10,13-18H2,1-2,5H3/b22-11+,23-12-/t19-,24-,25-,26-,27+,28+,29+,31-/m1/s1. The molecule has 4 fully saturated rings. The molecule has 194 valence electrons. The van der Waals surface area contributed by atoms with Crippen LogP contribution in [0.25, 0.3) is 0 Å². The lowest BCUT2D eigenvalue weighted by Gasteiger charge is -2.44. The first-order valence-electron chi connectivity index (χ1n) is 14.0. The molecular weight excluding hydrogens is 436 g/mol. The second-order valence-corrected chi connectivity index (χ2v) is 12.1. The van der Waals surface area contributed by atoms with Gasteiger partial charge in [-0.3, -0.25) is 0 Å². The normalized spacial score (nSPS) is 40.9. The molecule has 0 aromatic heterocycles. The summed E-state index contributed by atoms with van der Waals surface area (Å²) in [6, 6.07) is 0. The summed E-state index contributed by atoms with van der Waals surface area (Å²) in [7, 11) is 0. The van der Waals surface area contributed by atoms with E-state index < -0.39 is 12.2 Å². The third-order valence-corrected chi connectivity index (χ3v) is 9.88. The fourth-order valence-corrected chi connectivity index (χ4v) is 7.88. The molecule has 0 amide bonds. The van der Waals surface area contributed by atoms with E-state index in [4.69, 9.17) is 4.74 Å². The highest BCUT2D eigenvalue weighted by Gasteiger charge is 2.51. The van der Waals surface area contributed by atoms with Crippen LogP contribution in [0, 0.1) is 29.1 Å². The van der Waals surface area contributed by atoms with E-state index in [9.17, 15) is 15.0 Å². The van der Waals surface area contributed by atoms with Gasteiger partial charge in [0, 0.05) is 17.9 Å². The summed E-state index contributed by atoms with van der Waals surface area (Å²) in [4.78, 5) is 12.3. The van der Waals surface area contributed by atoms with Crippen molar-refractivity contribution in [3.8, 4) is 0 Å². The number of carbonyl (C=O) groups is 1. The largest absolute Gasteiger partial charge is 0.458 e. The molecule has 3 saturated carbocycles. The van der Waals surface area contributed by atoms with Crippen molar-refractivity contribution in [3.63, 3.8) is 0 Å². The number of cyclic esters (lactones) is 1. The van der Waals surface area contributed by atoms with Gasteiger partial charge in [0.05, 0.1) is 12.2 Å². The Hall–Kier alpha value is -1.65. The van der Waals surface area contributed by atoms with Gasteiger partial charge in [-0.05, 0) is 85.7 Å². The van der Waals surface area contributed by atoms with Crippen molar-refractivity contribution in [2.45, 2.75) is 110 Å². The van der Waals surface area contributed by atoms with E-state index in [1.165, 1.54) is 31.3 Å². The fourth-order valence-electron chi connectivity index (χ4n) is 7.88. The van der Waals surface area contributed by atoms with Crippen LogP contribution in [0.5, 0.6) is 0 Å². The summed E-state index contributed by atoms with van der Waals surface area (Å²) in [5.74, 6) is 1.69. The lowest BCUT2D eigenvalue weighted by molar-refractivity contribution is -0.140. The van der Waals surface area contributed by atoms with E-state index in [1.807, 2.05) is 0 Å². The van der Waals surface area contributed by atoms with Crippen LogP contribution in [0.2, 0.25) is 0 Å². The number of allylic oxidation sites excluding steroid dienone is 3. The Balaban J connectivity index is 1.47. The summed E-state index contributed by atoms with van der Waals surface area (Å²) in [5, 5.41) is 20.3. The van der Waals surface area contributed by atoms with Crippen molar-refractivity contribution in [2.75, 3.05) is 0 Å². The molecule has 2 N–H and O–H groups in total. The van der Waals surface area contributed by atoms with Crippen molar-refractivity contribution in [1.82, 2.24) is 0 Å². The molecule has 8 atom stereocenters. The third kappa shape index (κ3) is 5.25. The second-order valence-electron chi connectivity index (χ2n) is 12.1. The van der Waals surface area contributed by atoms with Crippen molar-refractivity contribution < 1.29 is 19.7 Å². The lowest BCUT2D eigenvalue weighted by Crippen LogP contribution is -2.37. The van der Waals surface area contributed by atoms with Crippen LogP contribution in [0.1, 0.15) is 91.4 Å². The number of carbonyl (C=O) groups excluding carboxylic acids is 1. The van der Waals surface area contributed by atoms with Crippen LogP contribution in [-0.4, -0.2) is 34.5 Å². The minimum atomic E-state index is -0.640. The van der Waals surface area contributed by atoms with Crippen LogP contribution in [0.4, 0.5) is 0 Å². The van der Waals surface area contributed by atoms with Gasteiger partial charge in [0.15, 0.2) is 0 Å². The highest BCUT2D eigenvalue weighted by Crippen LogP contribution is 2.60. The molecule has 4 rings (SSSR count). The number of esters is 1. The fraction of sp³-hybridized carbons (Fsp3) is 0.710. The van der Waals surface area contributed by atoms with Gasteiger partial charge < -0.3 is 14.9 Å². The van der Waals surface area contributed by atoms with Crippen LogP contribution in [-0.2, 0) is 9.53 Å². The maximum absolute atomic E-state index is 12.3. The van der Waals surface area contributed by atoms with Crippen LogP contribution >= 0.6 is 0 Å². The van der Waals surface area contributed by atoms with E-state index >= 15 is 0 Å². The van der Waals surface area contributed by atoms with E-state index in [-0.39, 0.29) is 23.4 Å². The van der Waals surface area contributed by atoms with E-state index in [0.717, 1.165) is 43.3 Å². The average Bonchev–Trinajstić information content (AvgIpc) is 3.30. The molecule has 4 aliphatic rings. The summed E-state index contributed by atoms with van der Waals surface area (Å²) < 4.78 is 5.83. The minimum absolute atomic E-state index is 0.0160. The quantitative estimate of drug-likeness (QED) is 0.324. The number of aliphatic hydroxyl groups excluding tert-OH is 2. The number of fused-ring (bicyclic) bond motifs is 1. The Morgan fingerprint density at radius 3 is 2.71 bits per heavy atom. The maximum atomic E-state index is 12.3. The van der Waals surface area contributed by atoms with Crippen LogP contribution in [0.3, 0.4) is 0 Å². The molecule has 1 saturated heterocycles. The van der Waals surface area contributed by atoms with Gasteiger partial charge in [-0.2, -0.15) is 0 Å². The number of hydrogen-bond acceptors (Lipinski definition) is 4. The Labute approximate surface area is 212 Å². The van der Waals surface area contributed by atoms with Gasteiger partial charge in [-0.25, -0.2) is 4.79 Å². The van der Waals surface area contributed by atoms with Gasteiger partial charge in [0.1, 0.15) is 6.10 Å². The van der Waals surface area contributed by atoms with Crippen LogP contribution < -0.4 is 0 Å². The molecule has 1 heterocycles. The highest BCUT2D eigenvalue weighted by atomic mass is 16.6. The summed E-state index contributed by atoms with van der Waals surface area (Å²) in [6.45, 7) is 15.2.